The molecule has 146 valence electrons. The average Bonchev–Trinajstić information content (AvgIpc) is 2.66. The number of nitrogens with one attached hydrogen (secondary N) is 2. The number of nitro benzene ring substituents is 1. The van der Waals surface area contributed by atoms with Crippen molar-refractivity contribution < 1.29 is 19.2 Å². The van der Waals surface area contributed by atoms with E-state index in [1.54, 1.807) is 38.3 Å². The van der Waals surface area contributed by atoms with Crippen LogP contribution in [0, 0.1) is 10.1 Å². The van der Waals surface area contributed by atoms with E-state index in [1.165, 1.54) is 12.1 Å². The van der Waals surface area contributed by atoms with Crippen LogP contribution in [0.15, 0.2) is 47.6 Å². The van der Waals surface area contributed by atoms with Crippen LogP contribution in [0.3, 0.4) is 0 Å². The molecule has 0 aliphatic carbocycles. The van der Waals surface area contributed by atoms with Crippen molar-refractivity contribution in [2.24, 2.45) is 5.10 Å². The highest BCUT2D eigenvalue weighted by molar-refractivity contribution is 6.33. The molecule has 0 heterocycles. The van der Waals surface area contributed by atoms with E-state index in [4.69, 9.17) is 16.3 Å². The molecule has 2 N–H and O–H groups in total. The topological polar surface area (TPSA) is 123 Å². The van der Waals surface area contributed by atoms with E-state index >= 15 is 0 Å². The molecule has 9 nitrogen and oxygen atoms in total. The van der Waals surface area contributed by atoms with Crippen LogP contribution >= 0.6 is 11.6 Å². The lowest BCUT2D eigenvalue weighted by Crippen LogP contribution is -2.21. The normalized spacial score (nSPS) is 10.9. The summed E-state index contributed by atoms with van der Waals surface area (Å²) in [6.07, 6.45) is -0.0344. The van der Waals surface area contributed by atoms with Crippen LogP contribution in [-0.2, 0) is 4.79 Å². The highest BCUT2D eigenvalue weighted by Gasteiger charge is 2.15. The number of ether oxygens (including phenoxy) is 1. The Morgan fingerprint density at radius 1 is 1.21 bits per heavy atom. The molecule has 0 aliphatic rings. The van der Waals surface area contributed by atoms with Gasteiger partial charge in [-0.2, -0.15) is 5.10 Å². The molecular weight excluding hydrogens is 388 g/mol. The summed E-state index contributed by atoms with van der Waals surface area (Å²) in [5.74, 6) is -0.240. The van der Waals surface area contributed by atoms with Gasteiger partial charge in [0.05, 0.1) is 18.5 Å². The van der Waals surface area contributed by atoms with Crippen molar-refractivity contribution in [2.45, 2.75) is 13.3 Å². The summed E-state index contributed by atoms with van der Waals surface area (Å²) in [7, 11) is 1.55. The first-order valence-electron chi connectivity index (χ1n) is 8.01. The van der Waals surface area contributed by atoms with Gasteiger partial charge in [0.25, 0.3) is 11.6 Å². The standard InChI is InChI=1S/C18H17ClN4O5/c1-11(9-17(24)20-13-4-6-14(28-2)7-5-13)21-22-18(25)12-3-8-16(23(26)27)15(19)10-12/h3-8,10H,9H2,1-2H3,(H,20,24)(H,22,25)/b21-11-. The van der Waals surface area contributed by atoms with E-state index in [-0.39, 0.29) is 28.6 Å². The fourth-order valence-electron chi connectivity index (χ4n) is 2.16. The van der Waals surface area contributed by atoms with E-state index in [0.29, 0.717) is 17.1 Å². The number of amides is 2. The Balaban J connectivity index is 1.92. The molecule has 0 spiro atoms. The number of hydrogen-bond acceptors (Lipinski definition) is 6. The SMILES string of the molecule is COc1ccc(NC(=O)C/C(C)=N\NC(=O)c2ccc([N+](=O)[O-])c(Cl)c2)cc1. The predicted molar refractivity (Wildman–Crippen MR) is 105 cm³/mol. The molecule has 2 aromatic rings. The molecule has 2 amide bonds. The minimum Gasteiger partial charge on any atom is -0.497 e. The fourth-order valence-corrected chi connectivity index (χ4v) is 2.41. The molecule has 0 saturated heterocycles. The zero-order valence-corrected chi connectivity index (χ0v) is 15.8. The summed E-state index contributed by atoms with van der Waals surface area (Å²) in [4.78, 5) is 34.2. The maximum Gasteiger partial charge on any atom is 0.287 e. The third-order valence-electron chi connectivity index (χ3n) is 3.55. The van der Waals surface area contributed by atoms with Crippen LogP contribution < -0.4 is 15.5 Å². The van der Waals surface area contributed by atoms with E-state index in [1.807, 2.05) is 0 Å². The lowest BCUT2D eigenvalue weighted by molar-refractivity contribution is -0.384. The lowest BCUT2D eigenvalue weighted by atomic mass is 10.2. The molecule has 0 unspecified atom stereocenters. The van der Waals surface area contributed by atoms with Crippen LogP contribution in [0.2, 0.25) is 5.02 Å². The van der Waals surface area contributed by atoms with Gasteiger partial charge in [0.1, 0.15) is 10.8 Å². The molecule has 0 saturated carbocycles. The van der Waals surface area contributed by atoms with Crippen molar-refractivity contribution in [3.05, 3.63) is 63.2 Å². The predicted octanol–water partition coefficient (Wildman–Crippen LogP) is 3.39. The Morgan fingerprint density at radius 2 is 1.89 bits per heavy atom. The molecule has 0 aliphatic heterocycles. The Bertz CT molecular complexity index is 928. The fraction of sp³-hybridized carbons (Fsp3) is 0.167. The van der Waals surface area contributed by atoms with Crippen molar-refractivity contribution in [3.8, 4) is 5.75 Å². The smallest absolute Gasteiger partial charge is 0.287 e. The molecule has 10 heteroatoms. The summed E-state index contributed by atoms with van der Waals surface area (Å²) in [5.41, 5.74) is 3.06. The number of carbonyl (C=O) groups is 2. The van der Waals surface area contributed by atoms with Gasteiger partial charge in [0.2, 0.25) is 5.91 Å². The largest absolute Gasteiger partial charge is 0.497 e. The van der Waals surface area contributed by atoms with Gasteiger partial charge in [-0.15, -0.1) is 0 Å². The van der Waals surface area contributed by atoms with E-state index in [9.17, 15) is 19.7 Å². The number of anilines is 1. The van der Waals surface area contributed by atoms with Gasteiger partial charge in [-0.3, -0.25) is 19.7 Å². The molecule has 0 atom stereocenters. The summed E-state index contributed by atoms with van der Waals surface area (Å²) in [5, 5.41) is 17.1. The van der Waals surface area contributed by atoms with Gasteiger partial charge in [-0.05, 0) is 43.3 Å². The van der Waals surface area contributed by atoms with Gasteiger partial charge in [-0.1, -0.05) is 11.6 Å². The molecule has 0 aromatic heterocycles. The Kier molecular flexibility index (Phi) is 7.05. The lowest BCUT2D eigenvalue weighted by Gasteiger charge is -2.07. The molecule has 0 radical (unpaired) electrons. The Labute approximate surface area is 165 Å². The van der Waals surface area contributed by atoms with E-state index in [0.717, 1.165) is 6.07 Å². The van der Waals surface area contributed by atoms with Crippen LogP contribution in [0.5, 0.6) is 5.75 Å². The quantitative estimate of drug-likeness (QED) is 0.416. The first-order valence-corrected chi connectivity index (χ1v) is 8.39. The molecule has 0 bridgehead atoms. The van der Waals surface area contributed by atoms with Gasteiger partial charge in [0, 0.05) is 23.0 Å². The van der Waals surface area contributed by atoms with Crippen LogP contribution in [-0.4, -0.2) is 29.6 Å². The zero-order valence-electron chi connectivity index (χ0n) is 15.1. The molecule has 2 aromatic carbocycles. The second kappa shape index (κ2) is 9.47. The van der Waals surface area contributed by atoms with E-state index < -0.39 is 10.8 Å². The summed E-state index contributed by atoms with van der Waals surface area (Å²) < 4.78 is 5.04. The maximum atomic E-state index is 12.1. The number of nitro groups is 1. The number of halogens is 1. The number of methoxy groups -OCH3 is 1. The zero-order chi connectivity index (χ0) is 20.7. The van der Waals surface area contributed by atoms with Crippen molar-refractivity contribution in [3.63, 3.8) is 0 Å². The van der Waals surface area contributed by atoms with Gasteiger partial charge in [0.15, 0.2) is 0 Å². The number of hydrogen-bond donors (Lipinski definition) is 2. The summed E-state index contributed by atoms with van der Waals surface area (Å²) in [6, 6.07) is 10.4. The first kappa shape index (κ1) is 20.8. The van der Waals surface area contributed by atoms with Gasteiger partial charge in [-0.25, -0.2) is 5.43 Å². The monoisotopic (exact) mass is 404 g/mol. The number of benzene rings is 2. The molecule has 0 fully saturated rings. The minimum atomic E-state index is -0.645. The highest BCUT2D eigenvalue weighted by Crippen LogP contribution is 2.24. The van der Waals surface area contributed by atoms with Crippen molar-refractivity contribution in [1.82, 2.24) is 5.43 Å². The third kappa shape index (κ3) is 5.78. The van der Waals surface area contributed by atoms with Crippen molar-refractivity contribution >= 4 is 40.5 Å². The Morgan fingerprint density at radius 3 is 2.46 bits per heavy atom. The summed E-state index contributed by atoms with van der Waals surface area (Å²) >= 11 is 5.78. The Hall–Kier alpha value is -3.46. The number of rotatable bonds is 7. The number of carbonyl (C=O) groups excluding carboxylic acids is 2. The van der Waals surface area contributed by atoms with Crippen LogP contribution in [0.1, 0.15) is 23.7 Å². The van der Waals surface area contributed by atoms with Gasteiger partial charge < -0.3 is 10.1 Å². The van der Waals surface area contributed by atoms with Crippen molar-refractivity contribution in [1.29, 1.82) is 0 Å². The first-order chi connectivity index (χ1) is 13.3. The average molecular weight is 405 g/mol. The molecular formula is C18H17ClN4O5. The molecule has 2 rings (SSSR count). The second-order valence-electron chi connectivity index (χ2n) is 5.66. The highest BCUT2D eigenvalue weighted by atomic mass is 35.5. The third-order valence-corrected chi connectivity index (χ3v) is 3.85. The summed E-state index contributed by atoms with van der Waals surface area (Å²) in [6.45, 7) is 1.58. The number of hydrazone groups is 1. The molecule has 28 heavy (non-hydrogen) atoms. The van der Waals surface area contributed by atoms with E-state index in [2.05, 4.69) is 15.8 Å². The number of nitrogens with zero attached hydrogens (tertiary/aromatic N) is 2. The maximum absolute atomic E-state index is 12.1. The minimum absolute atomic E-state index is 0.0344. The van der Waals surface area contributed by atoms with Gasteiger partial charge >= 0.3 is 0 Å². The van der Waals surface area contributed by atoms with Crippen LogP contribution in [0.4, 0.5) is 11.4 Å². The second-order valence-corrected chi connectivity index (χ2v) is 6.07. The van der Waals surface area contributed by atoms with Crippen molar-refractivity contribution in [2.75, 3.05) is 12.4 Å². The van der Waals surface area contributed by atoms with Crippen LogP contribution in [0.25, 0.3) is 0 Å².